The Hall–Kier alpha value is -2.80. The lowest BCUT2D eigenvalue weighted by Crippen LogP contribution is -2.47. The quantitative estimate of drug-likeness (QED) is 0.798. The molecule has 7 heteroatoms. The van der Waals surface area contributed by atoms with Gasteiger partial charge in [0.25, 0.3) is 0 Å². The third-order valence-electron chi connectivity index (χ3n) is 4.22. The number of imidazole rings is 1. The van der Waals surface area contributed by atoms with E-state index in [0.717, 1.165) is 36.8 Å². The third-order valence-corrected chi connectivity index (χ3v) is 4.22. The number of halogens is 1. The first-order valence-corrected chi connectivity index (χ1v) is 7.86. The van der Waals surface area contributed by atoms with Gasteiger partial charge in [0.2, 0.25) is 5.95 Å². The Morgan fingerprint density at radius 2 is 1.96 bits per heavy atom. The first kappa shape index (κ1) is 14.8. The molecule has 1 saturated heterocycles. The second-order valence-electron chi connectivity index (χ2n) is 5.66. The normalized spacial score (nSPS) is 17.9. The number of hydrogen-bond acceptors (Lipinski definition) is 5. The molecular weight excluding hydrogens is 307 g/mol. The van der Waals surface area contributed by atoms with Gasteiger partial charge >= 0.3 is 0 Å². The number of nitrogens with one attached hydrogen (secondary N) is 1. The summed E-state index contributed by atoms with van der Waals surface area (Å²) in [7, 11) is 0. The van der Waals surface area contributed by atoms with Gasteiger partial charge in [0, 0.05) is 32.0 Å². The first-order valence-electron chi connectivity index (χ1n) is 7.86. The van der Waals surface area contributed by atoms with Gasteiger partial charge in [0.05, 0.1) is 24.1 Å². The van der Waals surface area contributed by atoms with E-state index in [1.807, 2.05) is 29.0 Å². The molecule has 1 aromatic carbocycles. The summed E-state index contributed by atoms with van der Waals surface area (Å²) in [4.78, 5) is 6.79. The Morgan fingerprint density at radius 3 is 2.75 bits per heavy atom. The van der Waals surface area contributed by atoms with E-state index in [0.29, 0.717) is 0 Å². The van der Waals surface area contributed by atoms with Crippen LogP contribution < -0.4 is 10.2 Å². The molecule has 0 aliphatic carbocycles. The summed E-state index contributed by atoms with van der Waals surface area (Å²) in [5.41, 5.74) is 1.97. The molecule has 0 spiro atoms. The van der Waals surface area contributed by atoms with E-state index in [2.05, 4.69) is 25.4 Å². The smallest absolute Gasteiger partial charge is 0.210 e. The average Bonchev–Trinajstić information content (AvgIpc) is 3.13. The highest BCUT2D eigenvalue weighted by Crippen LogP contribution is 2.28. The van der Waals surface area contributed by atoms with E-state index in [1.54, 1.807) is 18.6 Å². The number of benzene rings is 1. The predicted octanol–water partition coefficient (Wildman–Crippen LogP) is 1.95. The van der Waals surface area contributed by atoms with E-state index in [1.165, 1.54) is 12.1 Å². The van der Waals surface area contributed by atoms with Crippen LogP contribution in [0.15, 0.2) is 55.1 Å². The lowest BCUT2D eigenvalue weighted by molar-refractivity contribution is 0.479. The largest absolute Gasteiger partial charge is 0.332 e. The topological polar surface area (TPSA) is 58.9 Å². The van der Waals surface area contributed by atoms with Crippen LogP contribution in [0.25, 0.3) is 5.69 Å². The maximum Gasteiger partial charge on any atom is 0.210 e. The molecule has 122 valence electrons. The standard InChI is InChI=1S/C17H17FN6/c18-14-3-1-13(2-4-14)16-12-19-7-9-24(16)17-20-8-10-23(17)15-5-6-21-22-11-15/h1-6,8,10-11,16,19H,7,9,12H2. The first-order chi connectivity index (χ1) is 11.8. The minimum Gasteiger partial charge on any atom is -0.332 e. The lowest BCUT2D eigenvalue weighted by Gasteiger charge is -2.37. The third kappa shape index (κ3) is 2.74. The van der Waals surface area contributed by atoms with Crippen molar-refractivity contribution in [3.05, 3.63) is 66.5 Å². The minimum absolute atomic E-state index is 0.0929. The molecule has 0 radical (unpaired) electrons. The number of hydrogen-bond donors (Lipinski definition) is 1. The van der Waals surface area contributed by atoms with E-state index in [4.69, 9.17) is 0 Å². The molecule has 2 aromatic heterocycles. The van der Waals surface area contributed by atoms with Crippen molar-refractivity contribution in [3.8, 4) is 5.69 Å². The van der Waals surface area contributed by atoms with Gasteiger partial charge in [0.15, 0.2) is 0 Å². The summed E-state index contributed by atoms with van der Waals surface area (Å²) in [5.74, 6) is 0.622. The number of anilines is 1. The summed E-state index contributed by atoms with van der Waals surface area (Å²) < 4.78 is 15.2. The van der Waals surface area contributed by atoms with E-state index >= 15 is 0 Å². The van der Waals surface area contributed by atoms with Crippen LogP contribution in [0.4, 0.5) is 10.3 Å². The zero-order chi connectivity index (χ0) is 16.4. The number of nitrogens with zero attached hydrogens (tertiary/aromatic N) is 5. The average molecular weight is 324 g/mol. The molecular formula is C17H17FN6. The summed E-state index contributed by atoms with van der Waals surface area (Å²) in [6.07, 6.45) is 7.06. The van der Waals surface area contributed by atoms with Gasteiger partial charge < -0.3 is 10.2 Å². The van der Waals surface area contributed by atoms with Crippen LogP contribution in [0.2, 0.25) is 0 Å². The number of rotatable bonds is 3. The summed E-state index contributed by atoms with van der Waals surface area (Å²) >= 11 is 0. The molecule has 1 aliphatic heterocycles. The predicted molar refractivity (Wildman–Crippen MR) is 88.5 cm³/mol. The van der Waals surface area contributed by atoms with Gasteiger partial charge in [0.1, 0.15) is 5.82 Å². The number of aromatic nitrogens is 4. The molecule has 1 N–H and O–H groups in total. The molecule has 4 rings (SSSR count). The lowest BCUT2D eigenvalue weighted by atomic mass is 10.0. The van der Waals surface area contributed by atoms with Crippen LogP contribution in [0.3, 0.4) is 0 Å². The van der Waals surface area contributed by atoms with Crippen LogP contribution in [0.5, 0.6) is 0 Å². The zero-order valence-corrected chi connectivity index (χ0v) is 13.0. The molecule has 0 saturated carbocycles. The second-order valence-corrected chi connectivity index (χ2v) is 5.66. The van der Waals surface area contributed by atoms with Crippen molar-refractivity contribution < 1.29 is 4.39 Å². The van der Waals surface area contributed by atoms with Crippen LogP contribution in [-0.2, 0) is 0 Å². The molecule has 0 amide bonds. The fourth-order valence-electron chi connectivity index (χ4n) is 3.06. The highest BCUT2D eigenvalue weighted by Gasteiger charge is 2.27. The van der Waals surface area contributed by atoms with Crippen molar-refractivity contribution in [2.24, 2.45) is 0 Å². The summed E-state index contributed by atoms with van der Waals surface area (Å²) in [6.45, 7) is 2.48. The van der Waals surface area contributed by atoms with Crippen molar-refractivity contribution in [1.29, 1.82) is 0 Å². The van der Waals surface area contributed by atoms with Crippen molar-refractivity contribution in [2.75, 3.05) is 24.5 Å². The van der Waals surface area contributed by atoms with Gasteiger partial charge in [-0.05, 0) is 23.8 Å². The Labute approximate surface area is 139 Å². The molecule has 0 bridgehead atoms. The highest BCUT2D eigenvalue weighted by atomic mass is 19.1. The maximum absolute atomic E-state index is 13.3. The van der Waals surface area contributed by atoms with Crippen molar-refractivity contribution in [2.45, 2.75) is 6.04 Å². The molecule has 3 heterocycles. The summed E-state index contributed by atoms with van der Waals surface area (Å²) in [5, 5.41) is 11.2. The fraction of sp³-hybridized carbons (Fsp3) is 0.235. The maximum atomic E-state index is 13.3. The van der Waals surface area contributed by atoms with Gasteiger partial charge in [-0.25, -0.2) is 9.37 Å². The van der Waals surface area contributed by atoms with E-state index < -0.39 is 0 Å². The van der Waals surface area contributed by atoms with Crippen molar-refractivity contribution >= 4 is 5.95 Å². The zero-order valence-electron chi connectivity index (χ0n) is 13.0. The fourth-order valence-corrected chi connectivity index (χ4v) is 3.06. The van der Waals surface area contributed by atoms with Crippen LogP contribution in [0.1, 0.15) is 11.6 Å². The molecule has 1 aliphatic rings. The summed E-state index contributed by atoms with van der Waals surface area (Å²) in [6, 6.07) is 8.66. The van der Waals surface area contributed by atoms with Crippen LogP contribution in [-0.4, -0.2) is 39.4 Å². The molecule has 3 aromatic rings. The highest BCUT2D eigenvalue weighted by molar-refractivity contribution is 5.45. The monoisotopic (exact) mass is 324 g/mol. The molecule has 24 heavy (non-hydrogen) atoms. The Morgan fingerprint density at radius 1 is 1.08 bits per heavy atom. The van der Waals surface area contributed by atoms with Crippen LogP contribution >= 0.6 is 0 Å². The van der Waals surface area contributed by atoms with E-state index in [-0.39, 0.29) is 11.9 Å². The Balaban J connectivity index is 1.72. The molecule has 6 nitrogen and oxygen atoms in total. The van der Waals surface area contributed by atoms with Gasteiger partial charge in [-0.2, -0.15) is 10.2 Å². The van der Waals surface area contributed by atoms with Crippen LogP contribution in [0, 0.1) is 5.82 Å². The van der Waals surface area contributed by atoms with Crippen molar-refractivity contribution in [1.82, 2.24) is 25.1 Å². The molecule has 1 fully saturated rings. The Bertz CT molecular complexity index is 801. The second kappa shape index (κ2) is 6.37. The van der Waals surface area contributed by atoms with Gasteiger partial charge in [-0.15, -0.1) is 0 Å². The van der Waals surface area contributed by atoms with Crippen molar-refractivity contribution in [3.63, 3.8) is 0 Å². The Kier molecular flexibility index (Phi) is 3.92. The minimum atomic E-state index is -0.224. The SMILES string of the molecule is Fc1ccc(C2CNCCN2c2nccn2-c2ccnnc2)cc1. The van der Waals surface area contributed by atoms with Gasteiger partial charge in [-0.1, -0.05) is 12.1 Å². The molecule has 1 unspecified atom stereocenters. The van der Waals surface area contributed by atoms with E-state index in [9.17, 15) is 4.39 Å². The van der Waals surface area contributed by atoms with Gasteiger partial charge in [-0.3, -0.25) is 4.57 Å². The molecule has 1 atom stereocenters. The number of piperazine rings is 1.